The number of ether oxygens (including phenoxy) is 1. The van der Waals surface area contributed by atoms with Crippen molar-refractivity contribution >= 4 is 39.4 Å². The van der Waals surface area contributed by atoms with E-state index >= 15 is 0 Å². The average Bonchev–Trinajstić information content (AvgIpc) is 3.45. The quantitative estimate of drug-likeness (QED) is 0.412. The van der Waals surface area contributed by atoms with Crippen LogP contribution in [0.2, 0.25) is 0 Å². The van der Waals surface area contributed by atoms with Gasteiger partial charge in [0.25, 0.3) is 5.56 Å². The molecule has 10 nitrogen and oxygen atoms in total. The molecular formula is C17H23N7O3S2. The fourth-order valence-corrected chi connectivity index (χ4v) is 5.07. The predicted octanol–water partition coefficient (Wildman–Crippen LogP) is 1.06. The number of aromatic nitrogens is 6. The van der Waals surface area contributed by atoms with Gasteiger partial charge in [0, 0.05) is 39.5 Å². The molecule has 0 unspecified atom stereocenters. The van der Waals surface area contributed by atoms with Crippen LogP contribution in [0.3, 0.4) is 0 Å². The van der Waals surface area contributed by atoms with Crippen molar-refractivity contribution in [2.45, 2.75) is 36.3 Å². The maximum atomic E-state index is 12.7. The Balaban J connectivity index is 1.32. The molecule has 156 valence electrons. The van der Waals surface area contributed by atoms with Gasteiger partial charge in [-0.15, -0.1) is 10.2 Å². The fraction of sp³-hybridized carbons (Fsp3) is 0.588. The second-order valence-corrected chi connectivity index (χ2v) is 9.24. The van der Waals surface area contributed by atoms with E-state index < -0.39 is 0 Å². The van der Waals surface area contributed by atoms with Gasteiger partial charge in [0.2, 0.25) is 5.13 Å². The standard InChI is InChI=1S/C17H23N7O3S2/c1-22-10-19-13-12(22)14(25)24(17(26)23(13)2)6-4-8-28-16-21-20-15(29-16)18-9-11-5-3-7-27-11/h10-11H,3-9H2,1-2H3,(H,18,20)/t11-/m1/s1. The van der Waals surface area contributed by atoms with E-state index in [0.717, 1.165) is 41.2 Å². The molecule has 1 aliphatic rings. The van der Waals surface area contributed by atoms with Crippen LogP contribution in [0.15, 0.2) is 20.3 Å². The Kier molecular flexibility index (Phi) is 6.01. The second-order valence-electron chi connectivity index (χ2n) is 6.92. The van der Waals surface area contributed by atoms with Gasteiger partial charge in [-0.1, -0.05) is 23.1 Å². The van der Waals surface area contributed by atoms with Crippen LogP contribution in [0, 0.1) is 0 Å². The summed E-state index contributed by atoms with van der Waals surface area (Å²) in [5.74, 6) is 0.736. The zero-order valence-electron chi connectivity index (χ0n) is 16.3. The lowest BCUT2D eigenvalue weighted by molar-refractivity contribution is 0.120. The molecule has 0 radical (unpaired) electrons. The van der Waals surface area contributed by atoms with Gasteiger partial charge < -0.3 is 14.6 Å². The van der Waals surface area contributed by atoms with Gasteiger partial charge >= 0.3 is 5.69 Å². The molecule has 1 saturated heterocycles. The average molecular weight is 438 g/mol. The minimum absolute atomic E-state index is 0.257. The van der Waals surface area contributed by atoms with Crippen molar-refractivity contribution in [3.05, 3.63) is 27.2 Å². The molecule has 0 amide bonds. The molecule has 4 rings (SSSR count). The zero-order chi connectivity index (χ0) is 20.4. The van der Waals surface area contributed by atoms with Crippen molar-refractivity contribution in [3.63, 3.8) is 0 Å². The normalized spacial score (nSPS) is 16.7. The van der Waals surface area contributed by atoms with Crippen LogP contribution in [0.25, 0.3) is 11.2 Å². The van der Waals surface area contributed by atoms with Gasteiger partial charge in [-0.3, -0.25) is 13.9 Å². The Morgan fingerprint density at radius 2 is 2.21 bits per heavy atom. The van der Waals surface area contributed by atoms with E-state index in [4.69, 9.17) is 4.74 Å². The first-order valence-electron chi connectivity index (χ1n) is 9.47. The van der Waals surface area contributed by atoms with E-state index in [-0.39, 0.29) is 17.4 Å². The first kappa shape index (κ1) is 20.1. The number of thioether (sulfide) groups is 1. The van der Waals surface area contributed by atoms with Crippen LogP contribution in [-0.4, -0.2) is 53.9 Å². The smallest absolute Gasteiger partial charge is 0.332 e. The highest BCUT2D eigenvalue weighted by Crippen LogP contribution is 2.26. The maximum absolute atomic E-state index is 12.7. The number of hydrogen-bond donors (Lipinski definition) is 1. The molecule has 1 aliphatic heterocycles. The van der Waals surface area contributed by atoms with Crippen LogP contribution >= 0.6 is 23.1 Å². The first-order valence-corrected chi connectivity index (χ1v) is 11.3. The fourth-order valence-electron chi connectivity index (χ4n) is 3.32. The third-order valence-electron chi connectivity index (χ3n) is 4.86. The highest BCUT2D eigenvalue weighted by molar-refractivity contribution is 8.01. The molecule has 0 saturated carbocycles. The summed E-state index contributed by atoms with van der Waals surface area (Å²) in [7, 11) is 3.38. The van der Waals surface area contributed by atoms with E-state index in [1.807, 2.05) is 0 Å². The number of fused-ring (bicyclic) bond motifs is 1. The summed E-state index contributed by atoms with van der Waals surface area (Å²) < 4.78 is 10.8. The zero-order valence-corrected chi connectivity index (χ0v) is 18.0. The number of nitrogens with zero attached hydrogens (tertiary/aromatic N) is 6. The summed E-state index contributed by atoms with van der Waals surface area (Å²) >= 11 is 3.08. The van der Waals surface area contributed by atoms with Crippen LogP contribution in [0.1, 0.15) is 19.3 Å². The SMILES string of the molecule is Cn1cnc2c1c(=O)n(CCCSc1nnc(NC[C@H]3CCCO3)s1)c(=O)n2C. The third kappa shape index (κ3) is 4.23. The third-order valence-corrected chi connectivity index (χ3v) is 6.96. The van der Waals surface area contributed by atoms with Crippen molar-refractivity contribution in [2.75, 3.05) is 24.2 Å². The highest BCUT2D eigenvalue weighted by atomic mass is 32.2. The van der Waals surface area contributed by atoms with Crippen molar-refractivity contribution in [1.82, 2.24) is 28.9 Å². The Morgan fingerprint density at radius 1 is 1.34 bits per heavy atom. The Labute approximate surface area is 174 Å². The number of hydrogen-bond acceptors (Lipinski definition) is 9. The monoisotopic (exact) mass is 437 g/mol. The molecular weight excluding hydrogens is 414 g/mol. The number of imidazole rings is 1. The van der Waals surface area contributed by atoms with Gasteiger partial charge in [0.05, 0.1) is 12.4 Å². The molecule has 1 atom stereocenters. The van der Waals surface area contributed by atoms with Crippen LogP contribution in [0.4, 0.5) is 5.13 Å². The summed E-state index contributed by atoms with van der Waals surface area (Å²) in [5, 5.41) is 12.4. The van der Waals surface area contributed by atoms with E-state index in [9.17, 15) is 9.59 Å². The first-order chi connectivity index (χ1) is 14.0. The van der Waals surface area contributed by atoms with Crippen molar-refractivity contribution in [1.29, 1.82) is 0 Å². The molecule has 12 heteroatoms. The van der Waals surface area contributed by atoms with Crippen molar-refractivity contribution in [2.24, 2.45) is 14.1 Å². The Hall–Kier alpha value is -2.18. The lowest BCUT2D eigenvalue weighted by Crippen LogP contribution is -2.39. The minimum atomic E-state index is -0.345. The summed E-state index contributed by atoms with van der Waals surface area (Å²) in [5.41, 5.74) is 0.197. The number of rotatable bonds is 8. The molecule has 1 fully saturated rings. The number of nitrogens with one attached hydrogen (secondary N) is 1. The molecule has 29 heavy (non-hydrogen) atoms. The molecule has 1 N–H and O–H groups in total. The molecule has 3 aromatic rings. The lowest BCUT2D eigenvalue weighted by atomic mass is 10.2. The molecule has 3 aromatic heterocycles. The van der Waals surface area contributed by atoms with Gasteiger partial charge in [-0.25, -0.2) is 9.78 Å². The van der Waals surface area contributed by atoms with E-state index in [1.54, 1.807) is 36.8 Å². The molecule has 0 bridgehead atoms. The molecule has 0 aliphatic carbocycles. The van der Waals surface area contributed by atoms with Crippen molar-refractivity contribution in [3.8, 4) is 0 Å². The van der Waals surface area contributed by atoms with Gasteiger partial charge in [0.1, 0.15) is 0 Å². The van der Waals surface area contributed by atoms with Crippen LogP contribution in [0.5, 0.6) is 0 Å². The molecule has 4 heterocycles. The Bertz CT molecular complexity index is 1110. The van der Waals surface area contributed by atoms with Crippen molar-refractivity contribution < 1.29 is 4.74 Å². The van der Waals surface area contributed by atoms with E-state index in [0.29, 0.717) is 24.1 Å². The van der Waals surface area contributed by atoms with Gasteiger partial charge in [-0.2, -0.15) is 0 Å². The van der Waals surface area contributed by atoms with Gasteiger partial charge in [-0.05, 0) is 19.3 Å². The summed E-state index contributed by atoms with van der Waals surface area (Å²) in [4.78, 5) is 29.3. The maximum Gasteiger partial charge on any atom is 0.332 e. The van der Waals surface area contributed by atoms with E-state index in [2.05, 4.69) is 20.5 Å². The minimum Gasteiger partial charge on any atom is -0.376 e. The van der Waals surface area contributed by atoms with E-state index in [1.165, 1.54) is 20.5 Å². The Morgan fingerprint density at radius 3 is 3.00 bits per heavy atom. The largest absolute Gasteiger partial charge is 0.376 e. The predicted molar refractivity (Wildman–Crippen MR) is 113 cm³/mol. The highest BCUT2D eigenvalue weighted by Gasteiger charge is 2.16. The molecule has 0 aromatic carbocycles. The van der Waals surface area contributed by atoms with Gasteiger partial charge in [0.15, 0.2) is 15.5 Å². The topological polar surface area (TPSA) is 109 Å². The second kappa shape index (κ2) is 8.67. The van der Waals surface area contributed by atoms with Crippen LogP contribution < -0.4 is 16.6 Å². The summed E-state index contributed by atoms with van der Waals surface area (Å²) in [6, 6.07) is 0. The summed E-state index contributed by atoms with van der Waals surface area (Å²) in [6.45, 7) is 1.94. The lowest BCUT2D eigenvalue weighted by Gasteiger charge is -2.08. The molecule has 0 spiro atoms. The summed E-state index contributed by atoms with van der Waals surface area (Å²) in [6.07, 6.45) is 4.67. The number of aryl methyl sites for hydroxylation is 2. The van der Waals surface area contributed by atoms with Crippen LogP contribution in [-0.2, 0) is 25.4 Å². The number of anilines is 1.